The van der Waals surface area contributed by atoms with Gasteiger partial charge in [-0.1, -0.05) is 36.8 Å². The standard InChI is InChI=1S/C14H19NO3/c1-10-3-5-12(6-4-10)9-15-13(16)7-11(2)8-14(17)18/h3-6,11H,7-9H2,1-2H3,(H,15,16)(H,17,18)/t11-/m0/s1. The number of hydrogen-bond donors (Lipinski definition) is 2. The fourth-order valence-electron chi connectivity index (χ4n) is 1.67. The highest BCUT2D eigenvalue weighted by Gasteiger charge is 2.12. The van der Waals surface area contributed by atoms with Gasteiger partial charge in [-0.05, 0) is 18.4 Å². The molecule has 0 aromatic heterocycles. The molecule has 1 atom stereocenters. The molecule has 1 rings (SSSR count). The van der Waals surface area contributed by atoms with E-state index in [9.17, 15) is 9.59 Å². The molecular formula is C14H19NO3. The summed E-state index contributed by atoms with van der Waals surface area (Å²) >= 11 is 0. The summed E-state index contributed by atoms with van der Waals surface area (Å²) in [7, 11) is 0. The summed E-state index contributed by atoms with van der Waals surface area (Å²) in [6.07, 6.45) is 0.274. The number of carboxylic acid groups (broad SMARTS) is 1. The summed E-state index contributed by atoms with van der Waals surface area (Å²) in [5.74, 6) is -1.11. The van der Waals surface area contributed by atoms with Crippen LogP contribution in [0, 0.1) is 12.8 Å². The van der Waals surface area contributed by atoms with Crippen molar-refractivity contribution in [1.29, 1.82) is 0 Å². The summed E-state index contributed by atoms with van der Waals surface area (Å²) < 4.78 is 0. The number of aliphatic carboxylic acids is 1. The van der Waals surface area contributed by atoms with Crippen molar-refractivity contribution in [2.75, 3.05) is 0 Å². The molecule has 0 saturated heterocycles. The first-order valence-electron chi connectivity index (χ1n) is 6.01. The van der Waals surface area contributed by atoms with Gasteiger partial charge < -0.3 is 10.4 Å². The average Bonchev–Trinajstić information content (AvgIpc) is 2.27. The van der Waals surface area contributed by atoms with Crippen molar-refractivity contribution in [1.82, 2.24) is 5.32 Å². The van der Waals surface area contributed by atoms with Gasteiger partial charge in [-0.3, -0.25) is 9.59 Å². The zero-order valence-electron chi connectivity index (χ0n) is 10.8. The highest BCUT2D eigenvalue weighted by molar-refractivity contribution is 5.77. The van der Waals surface area contributed by atoms with Gasteiger partial charge in [0.2, 0.25) is 5.91 Å². The Morgan fingerprint density at radius 1 is 1.22 bits per heavy atom. The van der Waals surface area contributed by atoms with Crippen molar-refractivity contribution < 1.29 is 14.7 Å². The van der Waals surface area contributed by atoms with Crippen molar-refractivity contribution >= 4 is 11.9 Å². The van der Waals surface area contributed by atoms with E-state index in [4.69, 9.17) is 5.11 Å². The fraction of sp³-hybridized carbons (Fsp3) is 0.429. The van der Waals surface area contributed by atoms with E-state index in [1.165, 1.54) is 5.56 Å². The second kappa shape index (κ2) is 6.79. The summed E-state index contributed by atoms with van der Waals surface area (Å²) in [6, 6.07) is 7.93. The maximum atomic E-state index is 11.6. The molecule has 0 fully saturated rings. The summed E-state index contributed by atoms with van der Waals surface area (Å²) in [5.41, 5.74) is 2.22. The van der Waals surface area contributed by atoms with Crippen LogP contribution in [0.3, 0.4) is 0 Å². The van der Waals surface area contributed by atoms with Crippen molar-refractivity contribution in [2.24, 2.45) is 5.92 Å². The first-order valence-corrected chi connectivity index (χ1v) is 6.01. The first kappa shape index (κ1) is 14.2. The van der Waals surface area contributed by atoms with Gasteiger partial charge in [0.15, 0.2) is 0 Å². The van der Waals surface area contributed by atoms with Crippen LogP contribution in [0.2, 0.25) is 0 Å². The molecule has 0 aliphatic carbocycles. The molecule has 98 valence electrons. The van der Waals surface area contributed by atoms with Crippen LogP contribution < -0.4 is 5.32 Å². The molecular weight excluding hydrogens is 230 g/mol. The quantitative estimate of drug-likeness (QED) is 0.811. The normalized spacial score (nSPS) is 11.9. The Bertz CT molecular complexity index is 412. The third kappa shape index (κ3) is 5.48. The van der Waals surface area contributed by atoms with Crippen LogP contribution in [-0.4, -0.2) is 17.0 Å². The van der Waals surface area contributed by atoms with Crippen LogP contribution in [0.5, 0.6) is 0 Å². The summed E-state index contributed by atoms with van der Waals surface area (Å²) in [4.78, 5) is 22.0. The molecule has 0 bridgehead atoms. The molecule has 4 heteroatoms. The molecule has 2 N–H and O–H groups in total. The van der Waals surface area contributed by atoms with Gasteiger partial charge in [0.05, 0.1) is 0 Å². The number of carboxylic acids is 1. The lowest BCUT2D eigenvalue weighted by molar-refractivity contribution is -0.138. The highest BCUT2D eigenvalue weighted by atomic mass is 16.4. The van der Waals surface area contributed by atoms with Crippen LogP contribution in [0.15, 0.2) is 24.3 Å². The number of hydrogen-bond acceptors (Lipinski definition) is 2. The number of amides is 1. The van der Waals surface area contributed by atoms with Gasteiger partial charge in [-0.15, -0.1) is 0 Å². The molecule has 0 unspecified atom stereocenters. The SMILES string of the molecule is Cc1ccc(CNC(=O)C[C@H](C)CC(=O)O)cc1. The molecule has 0 aliphatic rings. The minimum atomic E-state index is -0.867. The molecule has 0 heterocycles. The van der Waals surface area contributed by atoms with E-state index in [2.05, 4.69) is 5.32 Å². The van der Waals surface area contributed by atoms with E-state index in [1.807, 2.05) is 31.2 Å². The Labute approximate surface area is 107 Å². The highest BCUT2D eigenvalue weighted by Crippen LogP contribution is 2.07. The molecule has 18 heavy (non-hydrogen) atoms. The molecule has 1 aromatic carbocycles. The van der Waals surface area contributed by atoms with Crippen LogP contribution in [-0.2, 0) is 16.1 Å². The van der Waals surface area contributed by atoms with E-state index < -0.39 is 5.97 Å². The molecule has 1 amide bonds. The zero-order valence-corrected chi connectivity index (χ0v) is 10.8. The number of aryl methyl sites for hydroxylation is 1. The summed E-state index contributed by atoms with van der Waals surface area (Å²) in [5, 5.41) is 11.4. The number of nitrogens with one attached hydrogen (secondary N) is 1. The zero-order chi connectivity index (χ0) is 13.5. The van der Waals surface area contributed by atoms with Crippen LogP contribution in [0.1, 0.15) is 30.9 Å². The maximum Gasteiger partial charge on any atom is 0.303 e. The van der Waals surface area contributed by atoms with Gasteiger partial charge >= 0.3 is 5.97 Å². The topological polar surface area (TPSA) is 66.4 Å². The number of carbonyl (C=O) groups is 2. The first-order chi connectivity index (χ1) is 8.47. The van der Waals surface area contributed by atoms with E-state index >= 15 is 0 Å². The van der Waals surface area contributed by atoms with E-state index in [-0.39, 0.29) is 24.7 Å². The molecule has 1 aromatic rings. The number of benzene rings is 1. The Kier molecular flexibility index (Phi) is 5.36. The molecule has 4 nitrogen and oxygen atoms in total. The molecule has 0 spiro atoms. The van der Waals surface area contributed by atoms with Gasteiger partial charge in [-0.25, -0.2) is 0 Å². The van der Waals surface area contributed by atoms with Gasteiger partial charge in [0.1, 0.15) is 0 Å². The van der Waals surface area contributed by atoms with Crippen molar-refractivity contribution in [3.63, 3.8) is 0 Å². The van der Waals surface area contributed by atoms with E-state index in [0.717, 1.165) is 5.56 Å². The molecule has 0 saturated carbocycles. The Balaban J connectivity index is 2.32. The minimum Gasteiger partial charge on any atom is -0.481 e. The predicted octanol–water partition coefficient (Wildman–Crippen LogP) is 2.11. The van der Waals surface area contributed by atoms with Crippen molar-refractivity contribution in [3.05, 3.63) is 35.4 Å². The van der Waals surface area contributed by atoms with Gasteiger partial charge in [-0.2, -0.15) is 0 Å². The Morgan fingerprint density at radius 2 is 1.83 bits per heavy atom. The predicted molar refractivity (Wildman–Crippen MR) is 69.1 cm³/mol. The third-order valence-electron chi connectivity index (χ3n) is 2.67. The average molecular weight is 249 g/mol. The van der Waals surface area contributed by atoms with Gasteiger partial charge in [0.25, 0.3) is 0 Å². The van der Waals surface area contributed by atoms with Crippen LogP contribution in [0.25, 0.3) is 0 Å². The van der Waals surface area contributed by atoms with E-state index in [0.29, 0.717) is 6.54 Å². The van der Waals surface area contributed by atoms with Crippen molar-refractivity contribution in [3.8, 4) is 0 Å². The molecule has 0 radical (unpaired) electrons. The van der Waals surface area contributed by atoms with Crippen LogP contribution >= 0.6 is 0 Å². The van der Waals surface area contributed by atoms with Crippen LogP contribution in [0.4, 0.5) is 0 Å². The Morgan fingerprint density at radius 3 is 2.39 bits per heavy atom. The Hall–Kier alpha value is -1.84. The maximum absolute atomic E-state index is 11.6. The minimum absolute atomic E-state index is 0.0257. The monoisotopic (exact) mass is 249 g/mol. The van der Waals surface area contributed by atoms with Crippen molar-refractivity contribution in [2.45, 2.75) is 33.2 Å². The third-order valence-corrected chi connectivity index (χ3v) is 2.67. The number of rotatable bonds is 6. The second-order valence-electron chi connectivity index (χ2n) is 4.67. The van der Waals surface area contributed by atoms with Gasteiger partial charge in [0, 0.05) is 19.4 Å². The lowest BCUT2D eigenvalue weighted by atomic mass is 10.0. The smallest absolute Gasteiger partial charge is 0.303 e. The largest absolute Gasteiger partial charge is 0.481 e. The number of carbonyl (C=O) groups excluding carboxylic acids is 1. The lowest BCUT2D eigenvalue weighted by Gasteiger charge is -2.09. The molecule has 0 aliphatic heterocycles. The summed E-state index contributed by atoms with van der Waals surface area (Å²) in [6.45, 7) is 4.26. The fourth-order valence-corrected chi connectivity index (χ4v) is 1.67. The van der Waals surface area contributed by atoms with E-state index in [1.54, 1.807) is 6.92 Å². The second-order valence-corrected chi connectivity index (χ2v) is 4.67. The lowest BCUT2D eigenvalue weighted by Crippen LogP contribution is -2.25.